The molecule has 0 amide bonds. The molecule has 1 spiro atoms. The summed E-state index contributed by atoms with van der Waals surface area (Å²) in [6, 6.07) is 22.4. The van der Waals surface area contributed by atoms with Crippen molar-refractivity contribution in [2.45, 2.75) is 51.7 Å². The lowest BCUT2D eigenvalue weighted by molar-refractivity contribution is -0.136. The number of hydrogen-bond acceptors (Lipinski definition) is 5. The first kappa shape index (κ1) is 26.3. The number of nitrogens with two attached hydrogens (primary N) is 1. The van der Waals surface area contributed by atoms with E-state index in [-0.39, 0.29) is 12.5 Å². The van der Waals surface area contributed by atoms with E-state index in [4.69, 9.17) is 15.2 Å². The van der Waals surface area contributed by atoms with Crippen molar-refractivity contribution in [2.75, 3.05) is 31.2 Å². The molecule has 2 fully saturated rings. The van der Waals surface area contributed by atoms with Gasteiger partial charge in [-0.25, -0.2) is 0 Å². The SMILES string of the molecule is C[C@@H](N)c1cccc(-c2cc(COc3ccccc3CC(=O)O)cc(N3CCC4(CCOCC4)CC3)c2)c1. The summed E-state index contributed by atoms with van der Waals surface area (Å²) in [6.45, 7) is 6.20. The zero-order chi connectivity index (χ0) is 26.5. The van der Waals surface area contributed by atoms with Crippen LogP contribution >= 0.6 is 0 Å². The summed E-state index contributed by atoms with van der Waals surface area (Å²) in [4.78, 5) is 13.8. The second-order valence-electron chi connectivity index (χ2n) is 10.9. The van der Waals surface area contributed by atoms with Crippen LogP contribution in [0.2, 0.25) is 0 Å². The number of para-hydroxylation sites is 1. The molecule has 2 aliphatic heterocycles. The average molecular weight is 515 g/mol. The molecule has 0 saturated carbocycles. The normalized spacial score (nSPS) is 17.8. The minimum Gasteiger partial charge on any atom is -0.489 e. The molecule has 5 rings (SSSR count). The minimum absolute atomic E-state index is 0.0376. The van der Waals surface area contributed by atoms with Crippen molar-refractivity contribution in [2.24, 2.45) is 11.1 Å². The zero-order valence-corrected chi connectivity index (χ0v) is 22.2. The van der Waals surface area contributed by atoms with Gasteiger partial charge in [-0.15, -0.1) is 0 Å². The molecule has 2 heterocycles. The van der Waals surface area contributed by atoms with Crippen LogP contribution in [-0.4, -0.2) is 37.4 Å². The van der Waals surface area contributed by atoms with Gasteiger partial charge in [0.05, 0.1) is 6.42 Å². The van der Waals surface area contributed by atoms with E-state index in [2.05, 4.69) is 47.4 Å². The highest BCUT2D eigenvalue weighted by Crippen LogP contribution is 2.42. The van der Waals surface area contributed by atoms with Gasteiger partial charge in [0.1, 0.15) is 12.4 Å². The van der Waals surface area contributed by atoms with Crippen molar-refractivity contribution < 1.29 is 19.4 Å². The van der Waals surface area contributed by atoms with E-state index in [9.17, 15) is 9.90 Å². The maximum atomic E-state index is 11.3. The van der Waals surface area contributed by atoms with Crippen molar-refractivity contribution in [3.05, 3.63) is 83.4 Å². The van der Waals surface area contributed by atoms with Gasteiger partial charge in [0, 0.05) is 43.6 Å². The highest BCUT2D eigenvalue weighted by atomic mass is 16.5. The van der Waals surface area contributed by atoms with Crippen LogP contribution in [0, 0.1) is 5.41 Å². The largest absolute Gasteiger partial charge is 0.489 e. The lowest BCUT2D eigenvalue weighted by atomic mass is 9.72. The Balaban J connectivity index is 1.42. The van der Waals surface area contributed by atoms with Crippen molar-refractivity contribution in [3.8, 4) is 16.9 Å². The molecule has 3 aromatic carbocycles. The third-order valence-electron chi connectivity index (χ3n) is 8.17. The molecule has 3 N–H and O–H groups in total. The van der Waals surface area contributed by atoms with E-state index in [1.165, 1.54) is 31.4 Å². The Kier molecular flexibility index (Phi) is 8.01. The third kappa shape index (κ3) is 6.20. The summed E-state index contributed by atoms with van der Waals surface area (Å²) < 4.78 is 11.8. The fourth-order valence-corrected chi connectivity index (χ4v) is 5.77. The number of benzene rings is 3. The van der Waals surface area contributed by atoms with Gasteiger partial charge >= 0.3 is 5.97 Å². The van der Waals surface area contributed by atoms with E-state index in [0.717, 1.165) is 48.6 Å². The maximum Gasteiger partial charge on any atom is 0.307 e. The second kappa shape index (κ2) is 11.6. The van der Waals surface area contributed by atoms with E-state index in [1.54, 1.807) is 0 Å². The number of nitrogens with zero attached hydrogens (tertiary/aromatic N) is 1. The molecule has 3 aromatic rings. The van der Waals surface area contributed by atoms with Crippen LogP contribution in [-0.2, 0) is 22.6 Å². The van der Waals surface area contributed by atoms with Gasteiger partial charge in [-0.2, -0.15) is 0 Å². The molecule has 0 unspecified atom stereocenters. The Labute approximate surface area is 225 Å². The standard InChI is InChI=1S/C32H38N2O4/c1-23(33)25-6-4-7-26(19-25)28-17-24(22-38-30-8-3-2-5-27(30)21-31(35)36)18-29(20-28)34-13-9-32(10-14-34)11-15-37-16-12-32/h2-8,17-20,23H,9-16,21-22,33H2,1H3,(H,35,36)/t23-/m1/s1. The molecule has 200 valence electrons. The molecule has 38 heavy (non-hydrogen) atoms. The number of aliphatic carboxylic acids is 1. The average Bonchev–Trinajstić information content (AvgIpc) is 2.93. The molecule has 6 nitrogen and oxygen atoms in total. The van der Waals surface area contributed by atoms with Gasteiger partial charge in [0.25, 0.3) is 0 Å². The van der Waals surface area contributed by atoms with Crippen molar-refractivity contribution in [1.82, 2.24) is 0 Å². The van der Waals surface area contributed by atoms with Crippen LogP contribution in [0.4, 0.5) is 5.69 Å². The number of carboxylic acid groups (broad SMARTS) is 1. The number of rotatable bonds is 8. The van der Waals surface area contributed by atoms with Crippen LogP contribution in [0.15, 0.2) is 66.7 Å². The van der Waals surface area contributed by atoms with Crippen LogP contribution in [0.3, 0.4) is 0 Å². The van der Waals surface area contributed by atoms with Gasteiger partial charge in [-0.05, 0) is 90.6 Å². The monoisotopic (exact) mass is 514 g/mol. The van der Waals surface area contributed by atoms with Gasteiger partial charge in [0.2, 0.25) is 0 Å². The van der Waals surface area contributed by atoms with Crippen LogP contribution in [0.1, 0.15) is 55.3 Å². The van der Waals surface area contributed by atoms with Crippen molar-refractivity contribution in [3.63, 3.8) is 0 Å². The zero-order valence-electron chi connectivity index (χ0n) is 22.2. The summed E-state index contributed by atoms with van der Waals surface area (Å²) in [5.41, 5.74) is 12.9. The summed E-state index contributed by atoms with van der Waals surface area (Å²) in [5.74, 6) is -0.257. The Morgan fingerprint density at radius 2 is 1.76 bits per heavy atom. The first-order valence-electron chi connectivity index (χ1n) is 13.7. The molecule has 0 aliphatic carbocycles. The lowest BCUT2D eigenvalue weighted by Gasteiger charge is -2.45. The number of carboxylic acids is 1. The fraction of sp³-hybridized carbons (Fsp3) is 0.406. The first-order valence-corrected chi connectivity index (χ1v) is 13.7. The van der Waals surface area contributed by atoms with Crippen molar-refractivity contribution >= 4 is 11.7 Å². The molecule has 6 heteroatoms. The number of carbonyl (C=O) groups is 1. The molecule has 1 atom stereocenters. The summed E-state index contributed by atoms with van der Waals surface area (Å²) >= 11 is 0. The lowest BCUT2D eigenvalue weighted by Crippen LogP contribution is -2.43. The summed E-state index contributed by atoms with van der Waals surface area (Å²) in [7, 11) is 0. The van der Waals surface area contributed by atoms with E-state index in [0.29, 0.717) is 23.3 Å². The number of hydrogen-bond donors (Lipinski definition) is 2. The smallest absolute Gasteiger partial charge is 0.307 e. The number of ether oxygens (including phenoxy) is 2. The highest BCUT2D eigenvalue weighted by Gasteiger charge is 2.36. The predicted octanol–water partition coefficient (Wildman–Crippen LogP) is 5.98. The van der Waals surface area contributed by atoms with Crippen LogP contribution in [0.25, 0.3) is 11.1 Å². The van der Waals surface area contributed by atoms with Crippen LogP contribution in [0.5, 0.6) is 5.75 Å². The molecule has 2 aliphatic rings. The Morgan fingerprint density at radius 3 is 2.50 bits per heavy atom. The molecule has 0 radical (unpaired) electrons. The van der Waals surface area contributed by atoms with Gasteiger partial charge < -0.3 is 25.2 Å². The Bertz CT molecular complexity index is 1260. The van der Waals surface area contributed by atoms with Crippen molar-refractivity contribution in [1.29, 1.82) is 0 Å². The third-order valence-corrected chi connectivity index (χ3v) is 8.17. The highest BCUT2D eigenvalue weighted by molar-refractivity contribution is 5.72. The molecule has 0 bridgehead atoms. The molecular formula is C32H38N2O4. The van der Waals surface area contributed by atoms with Crippen LogP contribution < -0.4 is 15.4 Å². The molecule has 0 aromatic heterocycles. The number of anilines is 1. The molecular weight excluding hydrogens is 476 g/mol. The first-order chi connectivity index (χ1) is 18.4. The predicted molar refractivity (Wildman–Crippen MR) is 151 cm³/mol. The van der Waals surface area contributed by atoms with E-state index in [1.807, 2.05) is 31.2 Å². The Morgan fingerprint density at radius 1 is 1.00 bits per heavy atom. The topological polar surface area (TPSA) is 85.0 Å². The quantitative estimate of drug-likeness (QED) is 0.385. The Hall–Kier alpha value is -3.35. The van der Waals surface area contributed by atoms with Gasteiger partial charge in [-0.1, -0.05) is 36.4 Å². The van der Waals surface area contributed by atoms with Gasteiger partial charge in [0.15, 0.2) is 0 Å². The van der Waals surface area contributed by atoms with E-state index >= 15 is 0 Å². The second-order valence-corrected chi connectivity index (χ2v) is 10.9. The fourth-order valence-electron chi connectivity index (χ4n) is 5.77. The maximum absolute atomic E-state index is 11.3. The minimum atomic E-state index is -0.869. The number of piperidine rings is 1. The van der Waals surface area contributed by atoms with E-state index < -0.39 is 5.97 Å². The van der Waals surface area contributed by atoms with Gasteiger partial charge in [-0.3, -0.25) is 4.79 Å². The summed E-state index contributed by atoms with van der Waals surface area (Å²) in [5, 5.41) is 9.30. The summed E-state index contributed by atoms with van der Waals surface area (Å²) in [6.07, 6.45) is 4.65. The molecule has 2 saturated heterocycles.